The maximum atomic E-state index is 13.0. The van der Waals surface area contributed by atoms with E-state index in [9.17, 15) is 12.8 Å². The molecule has 2 N–H and O–H groups in total. The number of benzene rings is 1. The predicted molar refractivity (Wildman–Crippen MR) is 72.5 cm³/mol. The molecule has 1 aromatic rings. The molecule has 19 heavy (non-hydrogen) atoms. The van der Waals surface area contributed by atoms with E-state index in [4.69, 9.17) is 10.5 Å². The summed E-state index contributed by atoms with van der Waals surface area (Å²) in [5.41, 5.74) is 5.16. The lowest BCUT2D eigenvalue weighted by Gasteiger charge is -2.09. The molecule has 0 aliphatic rings. The highest BCUT2D eigenvalue weighted by Gasteiger charge is 2.18. The smallest absolute Gasteiger partial charge is 0.180 e. The van der Waals surface area contributed by atoms with Gasteiger partial charge in [0, 0.05) is 6.54 Å². The molecule has 0 radical (unpaired) electrons. The van der Waals surface area contributed by atoms with Gasteiger partial charge in [0.15, 0.2) is 9.84 Å². The second-order valence-electron chi connectivity index (χ2n) is 4.24. The Balaban J connectivity index is 2.75. The van der Waals surface area contributed by atoms with Gasteiger partial charge in [-0.2, -0.15) is 0 Å². The van der Waals surface area contributed by atoms with Crippen LogP contribution in [0.1, 0.15) is 13.8 Å². The van der Waals surface area contributed by atoms with Gasteiger partial charge in [0.05, 0.1) is 10.1 Å². The highest BCUT2D eigenvalue weighted by atomic mass is 32.2. The Morgan fingerprint density at radius 1 is 1.37 bits per heavy atom. The SMILES string of the molecule is CC(C)S(=O)(=O)c1ccc(OC/C(F)=C/CN)cc1. The average Bonchev–Trinajstić information content (AvgIpc) is 2.37. The number of sulfone groups is 1. The average molecular weight is 287 g/mol. The fourth-order valence-electron chi connectivity index (χ4n) is 1.34. The maximum absolute atomic E-state index is 13.0. The Bertz CT molecular complexity index is 536. The first-order valence-electron chi connectivity index (χ1n) is 5.89. The molecule has 4 nitrogen and oxygen atoms in total. The van der Waals surface area contributed by atoms with E-state index in [0.29, 0.717) is 5.75 Å². The van der Waals surface area contributed by atoms with Crippen LogP contribution in [-0.2, 0) is 9.84 Å². The first kappa shape index (κ1) is 15.7. The summed E-state index contributed by atoms with van der Waals surface area (Å²) in [4.78, 5) is 0.229. The van der Waals surface area contributed by atoms with Crippen molar-refractivity contribution < 1.29 is 17.5 Å². The predicted octanol–water partition coefficient (Wildman–Crippen LogP) is 2.06. The monoisotopic (exact) mass is 287 g/mol. The second-order valence-corrected chi connectivity index (χ2v) is 6.74. The molecule has 0 fully saturated rings. The molecule has 1 rings (SSSR count). The maximum Gasteiger partial charge on any atom is 0.180 e. The zero-order valence-corrected chi connectivity index (χ0v) is 11.8. The van der Waals surface area contributed by atoms with Crippen LogP contribution in [-0.4, -0.2) is 26.8 Å². The van der Waals surface area contributed by atoms with Gasteiger partial charge in [0.1, 0.15) is 18.2 Å². The Morgan fingerprint density at radius 3 is 2.42 bits per heavy atom. The van der Waals surface area contributed by atoms with Crippen LogP contribution in [0.4, 0.5) is 4.39 Å². The fraction of sp³-hybridized carbons (Fsp3) is 0.385. The molecule has 0 saturated carbocycles. The quantitative estimate of drug-likeness (QED) is 0.869. The van der Waals surface area contributed by atoms with Crippen molar-refractivity contribution in [2.75, 3.05) is 13.2 Å². The van der Waals surface area contributed by atoms with Gasteiger partial charge in [0.2, 0.25) is 0 Å². The van der Waals surface area contributed by atoms with Gasteiger partial charge in [-0.3, -0.25) is 0 Å². The lowest BCUT2D eigenvalue weighted by Crippen LogP contribution is -2.13. The molecule has 0 heterocycles. The van der Waals surface area contributed by atoms with Gasteiger partial charge in [-0.15, -0.1) is 0 Å². The molecule has 6 heteroatoms. The molecule has 0 aliphatic carbocycles. The number of hydrogen-bond donors (Lipinski definition) is 1. The summed E-state index contributed by atoms with van der Waals surface area (Å²) >= 11 is 0. The Morgan fingerprint density at radius 2 is 1.95 bits per heavy atom. The zero-order chi connectivity index (χ0) is 14.5. The number of rotatable bonds is 6. The molecule has 106 valence electrons. The van der Waals surface area contributed by atoms with Crippen LogP contribution in [0.3, 0.4) is 0 Å². The van der Waals surface area contributed by atoms with E-state index in [0.717, 1.165) is 0 Å². The Labute approximate surface area is 113 Å². The van der Waals surface area contributed by atoms with Crippen molar-refractivity contribution in [3.05, 3.63) is 36.2 Å². The molecule has 1 aromatic carbocycles. The third-order valence-corrected chi connectivity index (χ3v) is 4.66. The van der Waals surface area contributed by atoms with Crippen molar-refractivity contribution in [3.63, 3.8) is 0 Å². The third kappa shape index (κ3) is 4.33. The topological polar surface area (TPSA) is 69.4 Å². The number of ether oxygens (including phenoxy) is 1. The van der Waals surface area contributed by atoms with Gasteiger partial charge in [-0.25, -0.2) is 12.8 Å². The lowest BCUT2D eigenvalue weighted by atomic mass is 10.3. The van der Waals surface area contributed by atoms with Crippen LogP contribution in [0.2, 0.25) is 0 Å². The van der Waals surface area contributed by atoms with Crippen LogP contribution < -0.4 is 10.5 Å². The van der Waals surface area contributed by atoms with Crippen molar-refractivity contribution >= 4 is 9.84 Å². The van der Waals surface area contributed by atoms with E-state index in [1.54, 1.807) is 13.8 Å². The lowest BCUT2D eigenvalue weighted by molar-refractivity contribution is 0.318. The number of hydrogen-bond acceptors (Lipinski definition) is 4. The standard InChI is InChI=1S/C13H18FNO3S/c1-10(2)19(16,17)13-5-3-12(4-6-13)18-9-11(14)7-8-15/h3-7,10H,8-9,15H2,1-2H3/b11-7-. The van der Waals surface area contributed by atoms with Crippen molar-refractivity contribution in [3.8, 4) is 5.75 Å². The van der Waals surface area contributed by atoms with Crippen LogP contribution in [0.25, 0.3) is 0 Å². The summed E-state index contributed by atoms with van der Waals surface area (Å²) in [6, 6.07) is 5.92. The minimum Gasteiger partial charge on any atom is -0.487 e. The highest BCUT2D eigenvalue weighted by molar-refractivity contribution is 7.92. The minimum absolute atomic E-state index is 0.112. The summed E-state index contributed by atoms with van der Waals surface area (Å²) in [5, 5.41) is -0.482. The Hall–Kier alpha value is -1.40. The number of nitrogens with two attached hydrogens (primary N) is 1. The van der Waals surface area contributed by atoms with Crippen LogP contribution >= 0.6 is 0 Å². The largest absolute Gasteiger partial charge is 0.487 e. The van der Waals surface area contributed by atoms with Crippen molar-refractivity contribution in [2.45, 2.75) is 24.0 Å². The summed E-state index contributed by atoms with van der Waals surface area (Å²) in [7, 11) is -3.29. The molecule has 0 saturated heterocycles. The molecule has 0 bridgehead atoms. The van der Waals surface area contributed by atoms with Crippen molar-refractivity contribution in [1.82, 2.24) is 0 Å². The van der Waals surface area contributed by atoms with Gasteiger partial charge in [-0.05, 0) is 44.2 Å². The third-order valence-electron chi connectivity index (χ3n) is 2.49. The first-order valence-corrected chi connectivity index (χ1v) is 7.44. The molecule has 0 amide bonds. The van der Waals surface area contributed by atoms with E-state index in [1.807, 2.05) is 0 Å². The summed E-state index contributed by atoms with van der Waals surface area (Å²) in [5.74, 6) is -0.0512. The van der Waals surface area contributed by atoms with E-state index in [-0.39, 0.29) is 18.0 Å². The molecule has 0 unspecified atom stereocenters. The molecule has 0 atom stereocenters. The van der Waals surface area contributed by atoms with E-state index in [2.05, 4.69) is 0 Å². The summed E-state index contributed by atoms with van der Waals surface area (Å²) in [6.45, 7) is 3.13. The normalized spacial score (nSPS) is 12.8. The van der Waals surface area contributed by atoms with Gasteiger partial charge >= 0.3 is 0 Å². The van der Waals surface area contributed by atoms with Crippen molar-refractivity contribution in [1.29, 1.82) is 0 Å². The van der Waals surface area contributed by atoms with Crippen LogP contribution in [0.15, 0.2) is 41.1 Å². The van der Waals surface area contributed by atoms with Crippen molar-refractivity contribution in [2.24, 2.45) is 5.73 Å². The zero-order valence-electron chi connectivity index (χ0n) is 11.0. The van der Waals surface area contributed by atoms with Gasteiger partial charge in [0.25, 0.3) is 0 Å². The van der Waals surface area contributed by atoms with Gasteiger partial charge in [-0.1, -0.05) is 0 Å². The fourth-order valence-corrected chi connectivity index (χ4v) is 2.40. The second kappa shape index (κ2) is 6.68. The van der Waals surface area contributed by atoms with Gasteiger partial charge < -0.3 is 10.5 Å². The van der Waals surface area contributed by atoms with E-state index in [1.165, 1.54) is 30.3 Å². The first-order chi connectivity index (χ1) is 8.87. The summed E-state index contributed by atoms with van der Waals surface area (Å²) in [6.07, 6.45) is 1.22. The molecule has 0 aromatic heterocycles. The highest BCUT2D eigenvalue weighted by Crippen LogP contribution is 2.20. The molecule has 0 spiro atoms. The van der Waals surface area contributed by atoms with Crippen LogP contribution in [0, 0.1) is 0 Å². The number of halogens is 1. The minimum atomic E-state index is -3.29. The van der Waals surface area contributed by atoms with E-state index < -0.39 is 20.9 Å². The van der Waals surface area contributed by atoms with Crippen LogP contribution in [0.5, 0.6) is 5.75 Å². The molecular formula is C13H18FNO3S. The molecular weight excluding hydrogens is 269 g/mol. The summed E-state index contributed by atoms with van der Waals surface area (Å²) < 4.78 is 41.9. The van der Waals surface area contributed by atoms with E-state index >= 15 is 0 Å². The molecule has 0 aliphatic heterocycles. The Kier molecular flexibility index (Phi) is 5.50.